The van der Waals surface area contributed by atoms with Gasteiger partial charge in [-0.2, -0.15) is 0 Å². The Hall–Kier alpha value is -1.62. The monoisotopic (exact) mass is 506 g/mol. The lowest BCUT2D eigenvalue weighted by atomic mass is 10.1. The van der Waals surface area contributed by atoms with Gasteiger partial charge in [0.05, 0.1) is 16.3 Å². The van der Waals surface area contributed by atoms with Crippen molar-refractivity contribution in [1.82, 2.24) is 15.8 Å². The van der Waals surface area contributed by atoms with E-state index in [1.54, 1.807) is 37.4 Å². The third-order valence-electron chi connectivity index (χ3n) is 4.03. The van der Waals surface area contributed by atoms with Gasteiger partial charge in [0.1, 0.15) is 5.76 Å². The summed E-state index contributed by atoms with van der Waals surface area (Å²) in [4.78, 5) is 4.47. The molecule has 0 aliphatic rings. The molecule has 1 aromatic carbocycles. The smallest absolute Gasteiger partial charge is 0.191 e. The lowest BCUT2D eigenvalue weighted by molar-refractivity contribution is 0.380. The van der Waals surface area contributed by atoms with Crippen LogP contribution < -0.4 is 10.6 Å². The van der Waals surface area contributed by atoms with Crippen LogP contribution in [-0.2, 0) is 29.2 Å². The number of nitrogens with one attached hydrogen (secondary N) is 2. The standard InChI is InChI=1S/C18H26N4O3S.HI/c1-4-16-15(17(5-2)25-22-16)13-21-18(19-3)20-11-12-26(23,24)14-9-7-6-8-10-14;/h6-10H,4-5,11-13H2,1-3H3,(H2,19,20,21);1H. The average Bonchev–Trinajstić information content (AvgIpc) is 3.07. The molecule has 0 aliphatic carbocycles. The van der Waals surface area contributed by atoms with Crippen LogP contribution in [0.3, 0.4) is 0 Å². The predicted octanol–water partition coefficient (Wildman–Crippen LogP) is 2.56. The SMILES string of the molecule is CCc1noc(CC)c1CNC(=NC)NCCS(=O)(=O)c1ccccc1.I. The van der Waals surface area contributed by atoms with Crippen molar-refractivity contribution in [3.05, 3.63) is 47.3 Å². The van der Waals surface area contributed by atoms with Gasteiger partial charge in [-0.25, -0.2) is 8.42 Å². The van der Waals surface area contributed by atoms with Gasteiger partial charge in [0.2, 0.25) is 0 Å². The average molecular weight is 506 g/mol. The molecular formula is C18H27IN4O3S. The van der Waals surface area contributed by atoms with Crippen molar-refractivity contribution >= 4 is 39.8 Å². The zero-order valence-electron chi connectivity index (χ0n) is 15.9. The molecule has 0 atom stereocenters. The number of nitrogens with zero attached hydrogens (tertiary/aromatic N) is 2. The highest BCUT2D eigenvalue weighted by Crippen LogP contribution is 2.15. The molecule has 1 heterocycles. The molecule has 150 valence electrons. The van der Waals surface area contributed by atoms with E-state index >= 15 is 0 Å². The number of aryl methyl sites for hydroxylation is 2. The largest absolute Gasteiger partial charge is 0.361 e. The number of rotatable bonds is 8. The highest BCUT2D eigenvalue weighted by atomic mass is 127. The quantitative estimate of drug-likeness (QED) is 0.325. The van der Waals surface area contributed by atoms with Gasteiger partial charge in [0.15, 0.2) is 15.8 Å². The molecule has 2 N–H and O–H groups in total. The first-order valence-corrected chi connectivity index (χ1v) is 10.4. The summed E-state index contributed by atoms with van der Waals surface area (Å²) in [7, 11) is -1.67. The van der Waals surface area contributed by atoms with Crippen LogP contribution in [0.25, 0.3) is 0 Å². The number of aliphatic imine (C=N–C) groups is 1. The third-order valence-corrected chi connectivity index (χ3v) is 5.76. The zero-order valence-corrected chi connectivity index (χ0v) is 19.0. The van der Waals surface area contributed by atoms with Crippen LogP contribution in [0, 0.1) is 0 Å². The number of benzene rings is 1. The molecule has 2 rings (SSSR count). The minimum Gasteiger partial charge on any atom is -0.361 e. The van der Waals surface area contributed by atoms with Crippen molar-refractivity contribution in [2.45, 2.75) is 38.1 Å². The van der Waals surface area contributed by atoms with Gasteiger partial charge in [-0.3, -0.25) is 4.99 Å². The highest BCUT2D eigenvalue weighted by molar-refractivity contribution is 14.0. The molecule has 0 aliphatic heterocycles. The normalized spacial score (nSPS) is 11.7. The van der Waals surface area contributed by atoms with E-state index in [4.69, 9.17) is 4.52 Å². The van der Waals surface area contributed by atoms with Crippen molar-refractivity contribution in [2.24, 2.45) is 4.99 Å². The summed E-state index contributed by atoms with van der Waals surface area (Å²) >= 11 is 0. The molecule has 2 aromatic rings. The van der Waals surface area contributed by atoms with Crippen LogP contribution in [0.2, 0.25) is 0 Å². The van der Waals surface area contributed by atoms with E-state index in [1.807, 2.05) is 13.8 Å². The van der Waals surface area contributed by atoms with E-state index in [0.29, 0.717) is 17.4 Å². The number of aromatic nitrogens is 1. The molecule has 7 nitrogen and oxygen atoms in total. The molecule has 0 saturated carbocycles. The summed E-state index contributed by atoms with van der Waals surface area (Å²) in [5.41, 5.74) is 1.96. The fourth-order valence-electron chi connectivity index (χ4n) is 2.58. The van der Waals surface area contributed by atoms with Crippen molar-refractivity contribution in [3.8, 4) is 0 Å². The second-order valence-corrected chi connectivity index (χ2v) is 7.83. The van der Waals surface area contributed by atoms with Gasteiger partial charge >= 0.3 is 0 Å². The summed E-state index contributed by atoms with van der Waals surface area (Å²) < 4.78 is 29.9. The number of guanidine groups is 1. The second-order valence-electron chi connectivity index (χ2n) is 5.72. The van der Waals surface area contributed by atoms with E-state index in [0.717, 1.165) is 29.9 Å². The number of halogens is 1. The van der Waals surface area contributed by atoms with Crippen LogP contribution in [-0.4, -0.2) is 38.9 Å². The van der Waals surface area contributed by atoms with Crippen LogP contribution in [0.4, 0.5) is 0 Å². The van der Waals surface area contributed by atoms with Gasteiger partial charge in [-0.15, -0.1) is 24.0 Å². The Kier molecular flexibility index (Phi) is 9.78. The molecule has 1 aromatic heterocycles. The molecule has 0 bridgehead atoms. The lowest BCUT2D eigenvalue weighted by Gasteiger charge is -2.12. The third kappa shape index (κ3) is 6.49. The zero-order chi connectivity index (χ0) is 19.0. The molecule has 0 fully saturated rings. The first-order valence-electron chi connectivity index (χ1n) is 8.70. The molecular weight excluding hydrogens is 479 g/mol. The molecule has 0 saturated heterocycles. The Bertz CT molecular complexity index is 814. The van der Waals surface area contributed by atoms with Crippen molar-refractivity contribution in [2.75, 3.05) is 19.3 Å². The minimum atomic E-state index is -3.31. The first-order chi connectivity index (χ1) is 12.5. The van der Waals surface area contributed by atoms with Gasteiger partial charge < -0.3 is 15.2 Å². The molecule has 0 radical (unpaired) electrons. The maximum absolute atomic E-state index is 12.3. The van der Waals surface area contributed by atoms with Crippen LogP contribution >= 0.6 is 24.0 Å². The molecule has 9 heteroatoms. The summed E-state index contributed by atoms with van der Waals surface area (Å²) in [6.45, 7) is 4.84. The van der Waals surface area contributed by atoms with Gasteiger partial charge in [-0.1, -0.05) is 37.2 Å². The minimum absolute atomic E-state index is 0. The molecule has 0 amide bonds. The Labute approximate surface area is 178 Å². The van der Waals surface area contributed by atoms with Gasteiger partial charge in [0, 0.05) is 32.1 Å². The maximum Gasteiger partial charge on any atom is 0.191 e. The molecule has 0 unspecified atom stereocenters. The van der Waals surface area contributed by atoms with Crippen LogP contribution in [0.5, 0.6) is 0 Å². The van der Waals surface area contributed by atoms with E-state index < -0.39 is 9.84 Å². The fraction of sp³-hybridized carbons (Fsp3) is 0.444. The van der Waals surface area contributed by atoms with Crippen LogP contribution in [0.1, 0.15) is 30.9 Å². The van der Waals surface area contributed by atoms with E-state index in [2.05, 4.69) is 20.8 Å². The van der Waals surface area contributed by atoms with Crippen molar-refractivity contribution in [3.63, 3.8) is 0 Å². The summed E-state index contributed by atoms with van der Waals surface area (Å²) in [5, 5.41) is 10.3. The second kappa shape index (κ2) is 11.3. The van der Waals surface area contributed by atoms with Gasteiger partial charge in [0.25, 0.3) is 0 Å². The maximum atomic E-state index is 12.3. The van der Waals surface area contributed by atoms with E-state index in [9.17, 15) is 8.42 Å². The summed E-state index contributed by atoms with van der Waals surface area (Å²) in [5.74, 6) is 1.39. The summed E-state index contributed by atoms with van der Waals surface area (Å²) in [6.07, 6.45) is 1.56. The van der Waals surface area contributed by atoms with Crippen molar-refractivity contribution < 1.29 is 12.9 Å². The first kappa shape index (κ1) is 23.4. The Balaban J connectivity index is 0.00000364. The van der Waals surface area contributed by atoms with Crippen LogP contribution in [0.15, 0.2) is 44.7 Å². The Morgan fingerprint density at radius 1 is 1.15 bits per heavy atom. The number of sulfone groups is 1. The predicted molar refractivity (Wildman–Crippen MR) is 117 cm³/mol. The lowest BCUT2D eigenvalue weighted by Crippen LogP contribution is -2.39. The molecule has 0 spiro atoms. The number of hydrogen-bond donors (Lipinski definition) is 2. The topological polar surface area (TPSA) is 96.6 Å². The highest BCUT2D eigenvalue weighted by Gasteiger charge is 2.15. The van der Waals surface area contributed by atoms with Crippen molar-refractivity contribution in [1.29, 1.82) is 0 Å². The van der Waals surface area contributed by atoms with Gasteiger partial charge in [-0.05, 0) is 18.6 Å². The van der Waals surface area contributed by atoms with E-state index in [1.165, 1.54) is 0 Å². The van der Waals surface area contributed by atoms with E-state index in [-0.39, 0.29) is 36.3 Å². The fourth-order valence-corrected chi connectivity index (χ4v) is 3.76. The Morgan fingerprint density at radius 3 is 2.44 bits per heavy atom. The Morgan fingerprint density at radius 2 is 1.85 bits per heavy atom. The number of hydrogen-bond acceptors (Lipinski definition) is 5. The molecule has 27 heavy (non-hydrogen) atoms. The summed E-state index contributed by atoms with van der Waals surface area (Å²) in [6, 6.07) is 8.44.